The maximum absolute atomic E-state index is 11.1. The van der Waals surface area contributed by atoms with E-state index < -0.39 is 12.8 Å². The van der Waals surface area contributed by atoms with Crippen LogP contribution in [0.25, 0.3) is 0 Å². The van der Waals surface area contributed by atoms with E-state index in [1.54, 1.807) is 0 Å². The molecule has 0 aromatic rings. The summed E-state index contributed by atoms with van der Waals surface area (Å²) in [5.41, 5.74) is 1.90. The molecule has 0 amide bonds. The van der Waals surface area contributed by atoms with Gasteiger partial charge < -0.3 is 0 Å². The molecule has 0 aromatic heterocycles. The first-order chi connectivity index (χ1) is 3.56. The highest BCUT2D eigenvalue weighted by atomic mass is 35.5. The summed E-state index contributed by atoms with van der Waals surface area (Å²) in [6.07, 6.45) is -4.23. The van der Waals surface area contributed by atoms with Gasteiger partial charge in [0.25, 0.3) is 0 Å². The van der Waals surface area contributed by atoms with Crippen LogP contribution in [0, 0.1) is 0 Å². The zero-order valence-corrected chi connectivity index (χ0v) is 5.47. The standard InChI is InChI=1S/C3H6F3NO.ClH/c1-7-8-2-3(4,5)6;/h7H,2H2,1H3;1H. The van der Waals surface area contributed by atoms with Crippen LogP contribution in [0.4, 0.5) is 13.2 Å². The highest BCUT2D eigenvalue weighted by Gasteiger charge is 2.27. The van der Waals surface area contributed by atoms with Gasteiger partial charge in [0.1, 0.15) is 0 Å². The molecule has 0 fully saturated rings. The molecule has 0 rings (SSSR count). The van der Waals surface area contributed by atoms with Crippen molar-refractivity contribution >= 4 is 12.4 Å². The summed E-state index contributed by atoms with van der Waals surface area (Å²) in [6.45, 7) is -1.25. The van der Waals surface area contributed by atoms with Crippen molar-refractivity contribution in [2.24, 2.45) is 0 Å². The normalized spacial score (nSPS) is 10.7. The lowest BCUT2D eigenvalue weighted by Gasteiger charge is -2.03. The van der Waals surface area contributed by atoms with Gasteiger partial charge in [0, 0.05) is 7.05 Å². The summed E-state index contributed by atoms with van der Waals surface area (Å²) >= 11 is 0. The van der Waals surface area contributed by atoms with Gasteiger partial charge in [0.2, 0.25) is 0 Å². The van der Waals surface area contributed by atoms with Crippen LogP contribution in [-0.2, 0) is 4.84 Å². The number of alkyl halides is 3. The third-order valence-corrected chi connectivity index (χ3v) is 0.380. The summed E-state index contributed by atoms with van der Waals surface area (Å²) in [6, 6.07) is 0. The molecule has 0 saturated heterocycles. The van der Waals surface area contributed by atoms with Crippen LogP contribution >= 0.6 is 12.4 Å². The largest absolute Gasteiger partial charge is 0.413 e. The third kappa shape index (κ3) is 11.5. The van der Waals surface area contributed by atoms with Crippen molar-refractivity contribution in [2.45, 2.75) is 6.18 Å². The van der Waals surface area contributed by atoms with Gasteiger partial charge in [-0.3, -0.25) is 4.84 Å². The number of hydroxylamine groups is 1. The molecule has 0 saturated carbocycles. The molecule has 0 unspecified atom stereocenters. The van der Waals surface area contributed by atoms with E-state index in [9.17, 15) is 13.2 Å². The van der Waals surface area contributed by atoms with E-state index in [1.807, 2.05) is 5.48 Å². The van der Waals surface area contributed by atoms with Crippen LogP contribution in [0.3, 0.4) is 0 Å². The molecule has 0 aromatic carbocycles. The van der Waals surface area contributed by atoms with E-state index in [4.69, 9.17) is 0 Å². The number of hydrogen-bond acceptors (Lipinski definition) is 2. The number of nitrogens with one attached hydrogen (secondary N) is 1. The Morgan fingerprint density at radius 2 is 1.89 bits per heavy atom. The lowest BCUT2D eigenvalue weighted by atomic mass is 10.7. The Balaban J connectivity index is 0. The number of halogens is 4. The van der Waals surface area contributed by atoms with E-state index in [1.165, 1.54) is 7.05 Å². The Hall–Kier alpha value is -0.0000000000000000555. The van der Waals surface area contributed by atoms with Gasteiger partial charge in [-0.1, -0.05) is 0 Å². The molecular formula is C3H7ClF3NO. The number of rotatable bonds is 2. The van der Waals surface area contributed by atoms with Crippen molar-refractivity contribution < 1.29 is 18.0 Å². The molecule has 1 N–H and O–H groups in total. The predicted octanol–water partition coefficient (Wildman–Crippen LogP) is 1.12. The maximum atomic E-state index is 11.1. The van der Waals surface area contributed by atoms with Crippen molar-refractivity contribution in [3.63, 3.8) is 0 Å². The number of hydrogen-bond donors (Lipinski definition) is 1. The molecule has 6 heteroatoms. The average Bonchev–Trinajstić information content (AvgIpc) is 1.59. The van der Waals surface area contributed by atoms with Gasteiger partial charge in [-0.25, -0.2) is 5.48 Å². The molecule has 2 nitrogen and oxygen atoms in total. The van der Waals surface area contributed by atoms with Crippen LogP contribution in [0.15, 0.2) is 0 Å². The van der Waals surface area contributed by atoms with Gasteiger partial charge in [-0.2, -0.15) is 13.2 Å². The average molecular weight is 166 g/mol. The summed E-state index contributed by atoms with van der Waals surface area (Å²) in [4.78, 5) is 3.82. The van der Waals surface area contributed by atoms with E-state index in [-0.39, 0.29) is 12.4 Å². The zero-order valence-electron chi connectivity index (χ0n) is 4.66. The molecule has 0 heterocycles. The summed E-state index contributed by atoms with van der Waals surface area (Å²) in [7, 11) is 1.27. The first kappa shape index (κ1) is 11.8. The summed E-state index contributed by atoms with van der Waals surface area (Å²) in [5.74, 6) is 0. The quantitative estimate of drug-likeness (QED) is 0.620. The maximum Gasteiger partial charge on any atom is 0.413 e. The third-order valence-electron chi connectivity index (χ3n) is 0.380. The van der Waals surface area contributed by atoms with Crippen LogP contribution in [0.2, 0.25) is 0 Å². The Labute approximate surface area is 56.7 Å². The van der Waals surface area contributed by atoms with Crippen molar-refractivity contribution in [1.29, 1.82) is 0 Å². The molecular weight excluding hydrogens is 158 g/mol. The molecule has 0 aliphatic carbocycles. The Kier molecular flexibility index (Phi) is 6.32. The van der Waals surface area contributed by atoms with Crippen LogP contribution < -0.4 is 5.48 Å². The minimum absolute atomic E-state index is 0. The second-order valence-corrected chi connectivity index (χ2v) is 1.11. The van der Waals surface area contributed by atoms with Crippen molar-refractivity contribution in [2.75, 3.05) is 13.7 Å². The fourth-order valence-electron chi connectivity index (χ4n) is 0.154. The van der Waals surface area contributed by atoms with Gasteiger partial charge in [-0.15, -0.1) is 12.4 Å². The fraction of sp³-hybridized carbons (Fsp3) is 1.00. The molecule has 0 bridgehead atoms. The van der Waals surface area contributed by atoms with Crippen molar-refractivity contribution in [3.8, 4) is 0 Å². The monoisotopic (exact) mass is 165 g/mol. The summed E-state index contributed by atoms with van der Waals surface area (Å²) < 4.78 is 33.2. The first-order valence-corrected chi connectivity index (χ1v) is 1.91. The van der Waals surface area contributed by atoms with Crippen molar-refractivity contribution in [1.82, 2.24) is 5.48 Å². The van der Waals surface area contributed by atoms with E-state index in [0.29, 0.717) is 0 Å². The van der Waals surface area contributed by atoms with E-state index >= 15 is 0 Å². The first-order valence-electron chi connectivity index (χ1n) is 1.91. The van der Waals surface area contributed by atoms with E-state index in [2.05, 4.69) is 4.84 Å². The second-order valence-electron chi connectivity index (χ2n) is 1.11. The Bertz CT molecular complexity index is 66.6. The van der Waals surface area contributed by atoms with E-state index in [0.717, 1.165) is 0 Å². The zero-order chi connectivity index (χ0) is 6.62. The molecule has 58 valence electrons. The lowest BCUT2D eigenvalue weighted by molar-refractivity contribution is -0.187. The molecule has 0 atom stereocenters. The minimum Gasteiger partial charge on any atom is -0.293 e. The highest BCUT2D eigenvalue weighted by Crippen LogP contribution is 2.13. The fourth-order valence-corrected chi connectivity index (χ4v) is 0.154. The topological polar surface area (TPSA) is 21.3 Å². The predicted molar refractivity (Wildman–Crippen MR) is 28.3 cm³/mol. The Morgan fingerprint density at radius 1 is 1.44 bits per heavy atom. The van der Waals surface area contributed by atoms with Gasteiger partial charge in [0.05, 0.1) is 0 Å². The van der Waals surface area contributed by atoms with Crippen LogP contribution in [-0.4, -0.2) is 19.8 Å². The molecule has 0 spiro atoms. The SMILES string of the molecule is CNOCC(F)(F)F.Cl. The minimum atomic E-state index is -4.23. The second kappa shape index (κ2) is 4.84. The Morgan fingerprint density at radius 3 is 2.00 bits per heavy atom. The summed E-state index contributed by atoms with van der Waals surface area (Å²) in [5, 5.41) is 0. The molecule has 0 aliphatic rings. The van der Waals surface area contributed by atoms with Crippen LogP contribution in [0.1, 0.15) is 0 Å². The highest BCUT2D eigenvalue weighted by molar-refractivity contribution is 5.85. The molecule has 9 heavy (non-hydrogen) atoms. The van der Waals surface area contributed by atoms with Gasteiger partial charge >= 0.3 is 6.18 Å². The van der Waals surface area contributed by atoms with Gasteiger partial charge in [0.15, 0.2) is 6.61 Å². The lowest BCUT2D eigenvalue weighted by Crippen LogP contribution is -2.21. The van der Waals surface area contributed by atoms with Gasteiger partial charge in [-0.05, 0) is 0 Å². The molecule has 0 radical (unpaired) electrons. The smallest absolute Gasteiger partial charge is 0.293 e. The van der Waals surface area contributed by atoms with Crippen LogP contribution in [0.5, 0.6) is 0 Å². The van der Waals surface area contributed by atoms with Crippen molar-refractivity contribution in [3.05, 3.63) is 0 Å². The molecule has 0 aliphatic heterocycles.